The molecule has 8 nitrogen and oxygen atoms in total. The van der Waals surface area contributed by atoms with E-state index in [1.165, 1.54) is 0 Å². The number of aliphatic hydroxyl groups is 2. The molecule has 0 amide bonds. The highest BCUT2D eigenvalue weighted by atomic mass is 79.9. The summed E-state index contributed by atoms with van der Waals surface area (Å²) in [5, 5.41) is 19.3. The van der Waals surface area contributed by atoms with Crippen LogP contribution in [0.5, 0.6) is 0 Å². The third-order valence-corrected chi connectivity index (χ3v) is 8.42. The van der Waals surface area contributed by atoms with Crippen LogP contribution in [0.15, 0.2) is 45.9 Å². The maximum atomic E-state index is 9.66. The Kier molecular flexibility index (Phi) is 11.7. The van der Waals surface area contributed by atoms with Gasteiger partial charge in [0.1, 0.15) is 9.21 Å². The second-order valence-electron chi connectivity index (χ2n) is 9.87. The van der Waals surface area contributed by atoms with Crippen LogP contribution in [0, 0.1) is 0 Å². The summed E-state index contributed by atoms with van der Waals surface area (Å²) in [5.41, 5.74) is 2.16. The Labute approximate surface area is 232 Å². The molecule has 4 heterocycles. The van der Waals surface area contributed by atoms with Gasteiger partial charge in [-0.2, -0.15) is 0 Å². The molecule has 2 aliphatic rings. The molecule has 2 saturated heterocycles. The van der Waals surface area contributed by atoms with E-state index < -0.39 is 0 Å². The Morgan fingerprint density at radius 2 is 1.14 bits per heavy atom. The largest absolute Gasteiger partial charge is 0.394 e. The SMILES string of the molecule is C[C@@H]1CN([C@@H](CO)c2ccc(Br)nc2)CCN1C.C[C@@H]1CN([C@H](CO)c2ccc(Br)nc2)CCN1C. The van der Waals surface area contributed by atoms with Gasteiger partial charge >= 0.3 is 0 Å². The highest BCUT2D eigenvalue weighted by Gasteiger charge is 2.28. The van der Waals surface area contributed by atoms with Crippen molar-refractivity contribution in [1.29, 1.82) is 0 Å². The third-order valence-electron chi connectivity index (χ3n) is 7.48. The van der Waals surface area contributed by atoms with Gasteiger partial charge in [0, 0.05) is 63.7 Å². The van der Waals surface area contributed by atoms with Gasteiger partial charge in [-0.25, -0.2) is 9.97 Å². The van der Waals surface area contributed by atoms with Crippen molar-refractivity contribution in [2.24, 2.45) is 0 Å². The zero-order valence-corrected chi connectivity index (χ0v) is 24.9. The average molecular weight is 628 g/mol. The molecule has 0 bridgehead atoms. The Morgan fingerprint density at radius 1 is 0.750 bits per heavy atom. The first-order valence-corrected chi connectivity index (χ1v) is 14.1. The van der Waals surface area contributed by atoms with Crippen molar-refractivity contribution in [3.05, 3.63) is 57.0 Å². The normalized spacial score (nSPS) is 24.1. The van der Waals surface area contributed by atoms with Crippen LogP contribution in [-0.4, -0.2) is 118 Å². The van der Waals surface area contributed by atoms with E-state index in [0.717, 1.165) is 59.6 Å². The number of piperazine rings is 2. The van der Waals surface area contributed by atoms with Crippen molar-refractivity contribution in [2.45, 2.75) is 38.0 Å². The van der Waals surface area contributed by atoms with Gasteiger partial charge in [0.25, 0.3) is 0 Å². The molecule has 0 spiro atoms. The van der Waals surface area contributed by atoms with Crippen molar-refractivity contribution < 1.29 is 10.2 Å². The van der Waals surface area contributed by atoms with Crippen molar-refractivity contribution in [2.75, 3.05) is 66.6 Å². The van der Waals surface area contributed by atoms with Crippen molar-refractivity contribution >= 4 is 31.9 Å². The Morgan fingerprint density at radius 3 is 1.42 bits per heavy atom. The summed E-state index contributed by atoms with van der Waals surface area (Å²) < 4.78 is 1.66. The lowest BCUT2D eigenvalue weighted by atomic mass is 10.1. The second kappa shape index (κ2) is 14.2. The Bertz CT molecular complexity index is 844. The van der Waals surface area contributed by atoms with Crippen LogP contribution in [0.3, 0.4) is 0 Å². The molecule has 0 aliphatic carbocycles. The van der Waals surface area contributed by atoms with Crippen molar-refractivity contribution in [3.8, 4) is 0 Å². The molecule has 2 aromatic rings. The number of aliphatic hydroxyl groups excluding tert-OH is 2. The summed E-state index contributed by atoms with van der Waals surface area (Å²) in [6.07, 6.45) is 3.68. The Balaban J connectivity index is 0.000000201. The van der Waals surface area contributed by atoms with Gasteiger partial charge in [0.15, 0.2) is 0 Å². The van der Waals surface area contributed by atoms with Crippen LogP contribution in [0.25, 0.3) is 0 Å². The summed E-state index contributed by atoms with van der Waals surface area (Å²) in [6.45, 7) is 10.8. The first kappa shape index (κ1) is 29.6. The molecule has 4 atom stereocenters. The quantitative estimate of drug-likeness (QED) is 0.474. The second-order valence-corrected chi connectivity index (χ2v) is 11.5. The minimum atomic E-state index is 0.0572. The van der Waals surface area contributed by atoms with Crippen LogP contribution >= 0.6 is 31.9 Å². The molecule has 0 radical (unpaired) electrons. The van der Waals surface area contributed by atoms with Gasteiger partial charge in [-0.1, -0.05) is 12.1 Å². The highest BCUT2D eigenvalue weighted by Crippen LogP contribution is 2.25. The number of halogens is 2. The molecule has 200 valence electrons. The number of rotatable bonds is 6. The zero-order valence-electron chi connectivity index (χ0n) is 21.8. The van der Waals surface area contributed by atoms with Gasteiger partial charge in [0.05, 0.1) is 25.3 Å². The van der Waals surface area contributed by atoms with E-state index in [2.05, 4.69) is 89.4 Å². The van der Waals surface area contributed by atoms with Crippen molar-refractivity contribution in [1.82, 2.24) is 29.6 Å². The lowest BCUT2D eigenvalue weighted by molar-refractivity contribution is 0.0462. The topological polar surface area (TPSA) is 79.2 Å². The zero-order chi connectivity index (χ0) is 26.2. The van der Waals surface area contributed by atoms with Gasteiger partial charge in [0.2, 0.25) is 0 Å². The predicted molar refractivity (Wildman–Crippen MR) is 151 cm³/mol. The summed E-state index contributed by atoms with van der Waals surface area (Å²) in [5.74, 6) is 0. The molecule has 0 saturated carbocycles. The average Bonchev–Trinajstić information content (AvgIpc) is 2.87. The number of pyridine rings is 2. The molecular weight excluding hydrogens is 588 g/mol. The highest BCUT2D eigenvalue weighted by molar-refractivity contribution is 9.10. The van der Waals surface area contributed by atoms with E-state index in [-0.39, 0.29) is 25.3 Å². The monoisotopic (exact) mass is 626 g/mol. The van der Waals surface area contributed by atoms with Crippen LogP contribution in [0.1, 0.15) is 37.1 Å². The van der Waals surface area contributed by atoms with Crippen molar-refractivity contribution in [3.63, 3.8) is 0 Å². The maximum absolute atomic E-state index is 9.66. The summed E-state index contributed by atoms with van der Waals surface area (Å²) >= 11 is 6.67. The maximum Gasteiger partial charge on any atom is 0.106 e. The van der Waals surface area contributed by atoms with E-state index in [1.807, 2.05) is 36.7 Å². The smallest absolute Gasteiger partial charge is 0.106 e. The van der Waals surface area contributed by atoms with Crippen LogP contribution < -0.4 is 0 Å². The Hall–Kier alpha value is -0.980. The molecule has 2 fully saturated rings. The number of aromatic nitrogens is 2. The van der Waals surface area contributed by atoms with Crippen LogP contribution in [0.2, 0.25) is 0 Å². The number of likely N-dealkylation sites (N-methyl/N-ethyl adjacent to an activating group) is 2. The predicted octanol–water partition coefficient (Wildman–Crippen LogP) is 3.03. The van der Waals surface area contributed by atoms with Gasteiger partial charge in [-0.3, -0.25) is 9.80 Å². The van der Waals surface area contributed by atoms with E-state index >= 15 is 0 Å². The van der Waals surface area contributed by atoms with Gasteiger partial charge in [-0.15, -0.1) is 0 Å². The molecule has 0 aromatic carbocycles. The number of hydrogen-bond donors (Lipinski definition) is 2. The third kappa shape index (κ3) is 8.01. The molecule has 36 heavy (non-hydrogen) atoms. The first-order chi connectivity index (χ1) is 17.2. The fourth-order valence-corrected chi connectivity index (χ4v) is 5.22. The van der Waals surface area contributed by atoms with Crippen LogP contribution in [-0.2, 0) is 0 Å². The summed E-state index contributed by atoms with van der Waals surface area (Å²) in [4.78, 5) is 17.9. The van der Waals surface area contributed by atoms with Crippen LogP contribution in [0.4, 0.5) is 0 Å². The molecule has 2 aromatic heterocycles. The lowest BCUT2D eigenvalue weighted by Crippen LogP contribution is -2.51. The molecular formula is C26H40Br2N6O2. The summed E-state index contributed by atoms with van der Waals surface area (Å²) in [6, 6.07) is 9.08. The minimum Gasteiger partial charge on any atom is -0.394 e. The number of nitrogens with zero attached hydrogens (tertiary/aromatic N) is 6. The van der Waals surface area contributed by atoms with Gasteiger partial charge in [-0.05, 0) is 83.1 Å². The van der Waals surface area contributed by atoms with E-state index in [4.69, 9.17) is 0 Å². The molecule has 2 aliphatic heterocycles. The fourth-order valence-electron chi connectivity index (χ4n) is 4.75. The standard InChI is InChI=1S/2C13H20BrN3O/c2*1-10-8-17(6-5-16(10)2)12(9-18)11-3-4-13(14)15-7-11/h2*3-4,7,10,12,18H,5-6,8-9H2,1-2H3/t10-,12+;10-,12-/m11/s1. The van der Waals surface area contributed by atoms with E-state index in [1.54, 1.807) is 0 Å². The summed E-state index contributed by atoms with van der Waals surface area (Å²) in [7, 11) is 4.30. The molecule has 10 heteroatoms. The lowest BCUT2D eigenvalue weighted by Gasteiger charge is -2.41. The molecule has 2 N–H and O–H groups in total. The number of hydrogen-bond acceptors (Lipinski definition) is 8. The fraction of sp³-hybridized carbons (Fsp3) is 0.615. The molecule has 4 rings (SSSR count). The molecule has 0 unspecified atom stereocenters. The van der Waals surface area contributed by atoms with E-state index in [0.29, 0.717) is 12.1 Å². The first-order valence-electron chi connectivity index (χ1n) is 12.6. The van der Waals surface area contributed by atoms with Gasteiger partial charge < -0.3 is 20.0 Å². The minimum absolute atomic E-state index is 0.0572. The van der Waals surface area contributed by atoms with E-state index in [9.17, 15) is 10.2 Å².